The third-order valence-electron chi connectivity index (χ3n) is 6.29. The van der Waals surface area contributed by atoms with Gasteiger partial charge in [-0.3, -0.25) is 4.98 Å². The monoisotopic (exact) mass is 566 g/mol. The van der Waals surface area contributed by atoms with Gasteiger partial charge in [-0.1, -0.05) is 70.8 Å². The van der Waals surface area contributed by atoms with Crippen molar-refractivity contribution in [2.24, 2.45) is 5.16 Å². The molecule has 3 aromatic carbocycles. The molecule has 3 heterocycles. The van der Waals surface area contributed by atoms with Crippen LogP contribution in [0.4, 0.5) is 0 Å². The average molecular weight is 567 g/mol. The Kier molecular flexibility index (Phi) is 7.14. The van der Waals surface area contributed by atoms with E-state index in [0.717, 1.165) is 22.0 Å². The number of pyridine rings is 1. The molecule has 0 atom stereocenters. The molecular formula is C31H20Cl2N4O3. The van der Waals surface area contributed by atoms with Crippen LogP contribution in [0, 0.1) is 0 Å². The molecule has 1 aliphatic heterocycles. The average Bonchev–Trinajstić information content (AvgIpc) is 2.97. The Morgan fingerprint density at radius 2 is 1.75 bits per heavy atom. The zero-order valence-electron chi connectivity index (χ0n) is 20.8. The van der Waals surface area contributed by atoms with Gasteiger partial charge in [0.05, 0.1) is 22.5 Å². The van der Waals surface area contributed by atoms with Crippen molar-refractivity contribution < 1.29 is 14.7 Å². The van der Waals surface area contributed by atoms with Crippen molar-refractivity contribution in [1.29, 1.82) is 0 Å². The summed E-state index contributed by atoms with van der Waals surface area (Å²) in [6.07, 6.45) is 4.90. The minimum atomic E-state index is 0.284. The molecular weight excluding hydrogens is 547 g/mol. The van der Waals surface area contributed by atoms with E-state index in [2.05, 4.69) is 20.1 Å². The Bertz CT molecular complexity index is 1800. The summed E-state index contributed by atoms with van der Waals surface area (Å²) >= 11 is 12.3. The lowest BCUT2D eigenvalue weighted by molar-refractivity contribution is 0.276. The fourth-order valence-electron chi connectivity index (χ4n) is 4.33. The highest BCUT2D eigenvalue weighted by molar-refractivity contribution is 6.35. The zero-order chi connectivity index (χ0) is 27.5. The van der Waals surface area contributed by atoms with Crippen LogP contribution in [0.25, 0.3) is 22.6 Å². The maximum Gasteiger partial charge on any atom is 0.188 e. The first-order chi connectivity index (χ1) is 19.6. The molecule has 1 saturated heterocycles. The van der Waals surface area contributed by atoms with Crippen LogP contribution in [0.15, 0.2) is 114 Å². The third kappa shape index (κ3) is 5.12. The van der Waals surface area contributed by atoms with Crippen LogP contribution in [0.2, 0.25) is 10.0 Å². The van der Waals surface area contributed by atoms with Gasteiger partial charge >= 0.3 is 0 Å². The van der Waals surface area contributed by atoms with Crippen molar-refractivity contribution in [2.45, 2.75) is 6.61 Å². The van der Waals surface area contributed by atoms with E-state index < -0.39 is 0 Å². The molecule has 2 aromatic heterocycles. The Morgan fingerprint density at radius 3 is 2.52 bits per heavy atom. The number of para-hydroxylation sites is 1. The predicted octanol–water partition coefficient (Wildman–Crippen LogP) is 7.57. The van der Waals surface area contributed by atoms with Gasteiger partial charge < -0.3 is 14.7 Å². The quantitative estimate of drug-likeness (QED) is 0.168. The number of ether oxygens (including phenoxy) is 2. The summed E-state index contributed by atoms with van der Waals surface area (Å²) in [7, 11) is 0. The van der Waals surface area contributed by atoms with Crippen molar-refractivity contribution >= 4 is 51.5 Å². The summed E-state index contributed by atoms with van der Waals surface area (Å²) in [6.45, 7) is 0.284. The first-order valence-electron chi connectivity index (χ1n) is 12.3. The van der Waals surface area contributed by atoms with Crippen LogP contribution in [-0.2, 0) is 11.3 Å². The van der Waals surface area contributed by atoms with Gasteiger partial charge in [-0.05, 0) is 48.0 Å². The number of hydrogen-bond donors (Lipinski definition) is 1. The lowest BCUT2D eigenvalue weighted by atomic mass is 9.93. The lowest BCUT2D eigenvalue weighted by Gasteiger charge is -2.27. The number of oxime groups is 1. The molecule has 1 fully saturated rings. The number of aromatic nitrogens is 3. The van der Waals surface area contributed by atoms with Gasteiger partial charge in [-0.25, -0.2) is 9.97 Å². The molecule has 9 heteroatoms. The maximum absolute atomic E-state index is 9.96. The number of fused-ring (bicyclic) bond motifs is 1. The Morgan fingerprint density at radius 1 is 0.925 bits per heavy atom. The summed E-state index contributed by atoms with van der Waals surface area (Å²) in [4.78, 5) is 13.3. The van der Waals surface area contributed by atoms with Gasteiger partial charge in [-0.15, -0.1) is 0 Å². The van der Waals surface area contributed by atoms with E-state index in [4.69, 9.17) is 32.7 Å². The van der Waals surface area contributed by atoms with Crippen LogP contribution in [-0.4, -0.2) is 25.9 Å². The van der Waals surface area contributed by atoms with Crippen LogP contribution < -0.4 is 4.74 Å². The number of nitrogens with zero attached hydrogens (tertiary/aromatic N) is 4. The van der Waals surface area contributed by atoms with E-state index >= 15 is 0 Å². The molecule has 0 saturated carbocycles. The summed E-state index contributed by atoms with van der Waals surface area (Å²) in [5.74, 6) is 1.43. The maximum atomic E-state index is 9.96. The summed E-state index contributed by atoms with van der Waals surface area (Å²) in [5.41, 5.74) is 4.64. The van der Waals surface area contributed by atoms with E-state index in [0.29, 0.717) is 50.0 Å². The van der Waals surface area contributed by atoms with Crippen molar-refractivity contribution in [1.82, 2.24) is 15.0 Å². The van der Waals surface area contributed by atoms with Crippen LogP contribution in [0.5, 0.6) is 5.75 Å². The number of hydrogen-bond acceptors (Lipinski definition) is 7. The first-order valence-corrected chi connectivity index (χ1v) is 13.0. The van der Waals surface area contributed by atoms with Gasteiger partial charge in [0.25, 0.3) is 0 Å². The van der Waals surface area contributed by atoms with Gasteiger partial charge in [0.1, 0.15) is 18.7 Å². The van der Waals surface area contributed by atoms with E-state index in [1.54, 1.807) is 24.4 Å². The SMILES string of the molecule is O/N=C1C(=C\c2ccccn2)\OC\1=C(\c1ccc(OCc2ccc(Cl)cc2Cl)cc1)c1ncnc2ccccc12. The van der Waals surface area contributed by atoms with Gasteiger partial charge in [0, 0.05) is 33.3 Å². The van der Waals surface area contributed by atoms with Gasteiger partial charge in [0.15, 0.2) is 17.2 Å². The molecule has 0 aliphatic carbocycles. The second-order valence-corrected chi connectivity index (χ2v) is 9.65. The van der Waals surface area contributed by atoms with Crippen LogP contribution in [0.1, 0.15) is 22.5 Å². The standard InChI is InChI=1S/C31H20Cl2N4O3/c32-21-11-8-20(25(33)15-21)17-39-23-12-9-19(10-13-23)28(29-24-6-1-2-7-26(24)35-18-36-29)31-30(37-38)27(40-31)16-22-5-3-4-14-34-22/h1-16,18,38H,17H2/b27-16-,31-28-,37-30+. The predicted molar refractivity (Wildman–Crippen MR) is 155 cm³/mol. The molecule has 1 N–H and O–H groups in total. The molecule has 0 unspecified atom stereocenters. The smallest absolute Gasteiger partial charge is 0.188 e. The highest BCUT2D eigenvalue weighted by atomic mass is 35.5. The molecule has 7 nitrogen and oxygen atoms in total. The molecule has 40 heavy (non-hydrogen) atoms. The van der Waals surface area contributed by atoms with Crippen LogP contribution in [0.3, 0.4) is 0 Å². The van der Waals surface area contributed by atoms with Crippen molar-refractivity contribution in [3.05, 3.63) is 142 Å². The summed E-state index contributed by atoms with van der Waals surface area (Å²) in [6, 6.07) is 26.0. The Hall–Kier alpha value is -4.72. The summed E-state index contributed by atoms with van der Waals surface area (Å²) in [5, 5.41) is 15.4. The van der Waals surface area contributed by atoms with Crippen molar-refractivity contribution in [3.63, 3.8) is 0 Å². The highest BCUT2D eigenvalue weighted by Gasteiger charge is 2.35. The Balaban J connectivity index is 1.39. The minimum absolute atomic E-state index is 0.284. The second-order valence-electron chi connectivity index (χ2n) is 8.81. The largest absolute Gasteiger partial charge is 0.489 e. The second kappa shape index (κ2) is 11.2. The van der Waals surface area contributed by atoms with Crippen LogP contribution >= 0.6 is 23.2 Å². The molecule has 0 bridgehead atoms. The van der Waals surface area contributed by atoms with Gasteiger partial charge in [0.2, 0.25) is 0 Å². The Labute approximate surface area is 239 Å². The van der Waals surface area contributed by atoms with Crippen molar-refractivity contribution in [2.75, 3.05) is 0 Å². The molecule has 0 spiro atoms. The van der Waals surface area contributed by atoms with E-state index in [1.165, 1.54) is 6.33 Å². The molecule has 196 valence electrons. The molecule has 6 rings (SSSR count). The number of halogens is 2. The number of benzene rings is 3. The van der Waals surface area contributed by atoms with Crippen molar-refractivity contribution in [3.8, 4) is 5.75 Å². The fourth-order valence-corrected chi connectivity index (χ4v) is 4.79. The summed E-state index contributed by atoms with van der Waals surface area (Å²) < 4.78 is 12.1. The molecule has 0 amide bonds. The first kappa shape index (κ1) is 25.6. The minimum Gasteiger partial charge on any atom is -0.489 e. The van der Waals surface area contributed by atoms with E-state index in [1.807, 2.05) is 72.8 Å². The van der Waals surface area contributed by atoms with Gasteiger partial charge in [-0.2, -0.15) is 0 Å². The zero-order valence-corrected chi connectivity index (χ0v) is 22.3. The normalized spacial score (nSPS) is 16.1. The topological polar surface area (TPSA) is 89.7 Å². The lowest BCUT2D eigenvalue weighted by Crippen LogP contribution is -2.25. The highest BCUT2D eigenvalue weighted by Crippen LogP contribution is 2.39. The molecule has 5 aromatic rings. The third-order valence-corrected chi connectivity index (χ3v) is 6.87. The fraction of sp³-hybridized carbons (Fsp3) is 0.0323. The number of rotatable bonds is 6. The molecule has 0 radical (unpaired) electrons. The molecule has 1 aliphatic rings. The van der Waals surface area contributed by atoms with E-state index in [-0.39, 0.29) is 6.61 Å². The van der Waals surface area contributed by atoms with E-state index in [9.17, 15) is 5.21 Å².